The number of hydrogen-bond donors (Lipinski definition) is 5. The number of aromatic amines is 1. The molecule has 6 N–H and O–H groups in total. The monoisotopic (exact) mass is 436 g/mol. The van der Waals surface area contributed by atoms with Gasteiger partial charge in [-0.15, -0.1) is 0 Å². The first-order chi connectivity index (χ1) is 15.2. The molecule has 1 heterocycles. The van der Waals surface area contributed by atoms with E-state index in [2.05, 4.69) is 46.9 Å². The molecular weight excluding hydrogens is 408 g/mol. The van der Waals surface area contributed by atoms with Gasteiger partial charge in [0.2, 0.25) is 0 Å². The standard InChI is InChI=1S/C23H28N6O3/c1-23(2,3)15-8-9-19(32-4)17(11-15)28-22(31)27-16-7-5-6-14(10-16)12-25-18-13-26-29-20(18)21(24)30/h5-11,13,25H,12H2,1-4H3,(H2,24,30)(H,26,29)(H2,27,28,31). The Morgan fingerprint density at radius 3 is 2.56 bits per heavy atom. The van der Waals surface area contributed by atoms with Crippen LogP contribution < -0.4 is 26.4 Å². The number of anilines is 3. The fourth-order valence-corrected chi connectivity index (χ4v) is 3.13. The van der Waals surface area contributed by atoms with E-state index < -0.39 is 5.91 Å². The summed E-state index contributed by atoms with van der Waals surface area (Å²) in [6, 6.07) is 12.7. The van der Waals surface area contributed by atoms with Crippen molar-refractivity contribution in [2.24, 2.45) is 5.73 Å². The molecule has 3 amide bonds. The minimum absolute atomic E-state index is 0.0656. The maximum atomic E-state index is 12.6. The lowest BCUT2D eigenvalue weighted by Gasteiger charge is -2.21. The van der Waals surface area contributed by atoms with Crippen LogP contribution in [0.4, 0.5) is 21.9 Å². The van der Waals surface area contributed by atoms with Gasteiger partial charge in [-0.25, -0.2) is 4.79 Å². The van der Waals surface area contributed by atoms with Crippen LogP contribution in [0, 0.1) is 0 Å². The van der Waals surface area contributed by atoms with Crippen LogP contribution in [0.2, 0.25) is 0 Å². The zero-order valence-corrected chi connectivity index (χ0v) is 18.6. The number of benzene rings is 2. The van der Waals surface area contributed by atoms with Gasteiger partial charge < -0.3 is 26.4 Å². The van der Waals surface area contributed by atoms with Crippen LogP contribution in [0.15, 0.2) is 48.7 Å². The average Bonchev–Trinajstić information content (AvgIpc) is 3.21. The Morgan fingerprint density at radius 2 is 1.88 bits per heavy atom. The molecule has 0 aliphatic carbocycles. The number of rotatable bonds is 7. The van der Waals surface area contributed by atoms with Gasteiger partial charge in [0.25, 0.3) is 5.91 Å². The first-order valence-corrected chi connectivity index (χ1v) is 10.1. The third kappa shape index (κ3) is 5.57. The molecule has 0 atom stereocenters. The number of nitrogens with one attached hydrogen (secondary N) is 4. The lowest BCUT2D eigenvalue weighted by atomic mass is 9.87. The first-order valence-electron chi connectivity index (χ1n) is 10.1. The molecule has 0 aliphatic rings. The molecule has 0 bridgehead atoms. The Hall–Kier alpha value is -4.01. The van der Waals surface area contributed by atoms with E-state index in [0.717, 1.165) is 11.1 Å². The summed E-state index contributed by atoms with van der Waals surface area (Å²) in [6.45, 7) is 6.73. The van der Waals surface area contributed by atoms with Gasteiger partial charge in [0.1, 0.15) is 5.75 Å². The molecule has 1 aromatic heterocycles. The predicted octanol–water partition coefficient (Wildman–Crippen LogP) is 4.07. The molecule has 2 aromatic carbocycles. The molecule has 3 aromatic rings. The summed E-state index contributed by atoms with van der Waals surface area (Å²) in [5, 5.41) is 15.2. The number of carbonyl (C=O) groups is 2. The smallest absolute Gasteiger partial charge is 0.323 e. The number of H-pyrrole nitrogens is 1. The molecule has 9 nitrogen and oxygen atoms in total. The maximum Gasteiger partial charge on any atom is 0.323 e. The number of carbonyl (C=O) groups excluding carboxylic acids is 2. The Labute approximate surface area is 186 Å². The molecule has 168 valence electrons. The number of urea groups is 1. The zero-order valence-electron chi connectivity index (χ0n) is 18.6. The molecular formula is C23H28N6O3. The van der Waals surface area contributed by atoms with Crippen LogP contribution in [0.5, 0.6) is 5.75 Å². The summed E-state index contributed by atoms with van der Waals surface area (Å²) in [5.74, 6) is -0.0386. The molecule has 0 radical (unpaired) electrons. The van der Waals surface area contributed by atoms with E-state index in [-0.39, 0.29) is 17.1 Å². The fraction of sp³-hybridized carbons (Fsp3) is 0.261. The van der Waals surface area contributed by atoms with E-state index in [9.17, 15) is 9.59 Å². The van der Waals surface area contributed by atoms with Crippen molar-refractivity contribution in [3.05, 3.63) is 65.5 Å². The number of methoxy groups -OCH3 is 1. The van der Waals surface area contributed by atoms with E-state index in [1.54, 1.807) is 19.4 Å². The van der Waals surface area contributed by atoms with Crippen molar-refractivity contribution in [3.8, 4) is 5.75 Å². The average molecular weight is 437 g/mol. The SMILES string of the molecule is COc1ccc(C(C)(C)C)cc1NC(=O)Nc1cccc(CNc2c[nH]nc2C(N)=O)c1. The molecule has 3 rings (SSSR count). The van der Waals surface area contributed by atoms with Gasteiger partial charge in [-0.05, 0) is 40.8 Å². The molecule has 0 aliphatic heterocycles. The van der Waals surface area contributed by atoms with Gasteiger partial charge >= 0.3 is 6.03 Å². The summed E-state index contributed by atoms with van der Waals surface area (Å²) in [7, 11) is 1.56. The highest BCUT2D eigenvalue weighted by molar-refractivity contribution is 6.00. The van der Waals surface area contributed by atoms with Crippen molar-refractivity contribution in [1.82, 2.24) is 10.2 Å². The molecule has 32 heavy (non-hydrogen) atoms. The number of aromatic nitrogens is 2. The quantitative estimate of drug-likeness (QED) is 0.381. The molecule has 0 spiro atoms. The lowest BCUT2D eigenvalue weighted by molar-refractivity contribution is 0.0996. The highest BCUT2D eigenvalue weighted by Crippen LogP contribution is 2.31. The number of amides is 3. The molecule has 0 fully saturated rings. The Bertz CT molecular complexity index is 1120. The summed E-state index contributed by atoms with van der Waals surface area (Å²) in [4.78, 5) is 24.0. The molecule has 0 unspecified atom stereocenters. The summed E-state index contributed by atoms with van der Waals surface area (Å²) < 4.78 is 5.39. The van der Waals surface area contributed by atoms with Gasteiger partial charge in [0.15, 0.2) is 5.69 Å². The fourth-order valence-electron chi connectivity index (χ4n) is 3.13. The number of hydrogen-bond acceptors (Lipinski definition) is 5. The minimum Gasteiger partial charge on any atom is -0.495 e. The van der Waals surface area contributed by atoms with Gasteiger partial charge in [-0.2, -0.15) is 5.10 Å². The number of nitrogens with zero attached hydrogens (tertiary/aromatic N) is 1. The van der Waals surface area contributed by atoms with Crippen molar-refractivity contribution >= 4 is 29.0 Å². The van der Waals surface area contributed by atoms with Gasteiger partial charge in [-0.1, -0.05) is 39.0 Å². The van der Waals surface area contributed by atoms with E-state index >= 15 is 0 Å². The summed E-state index contributed by atoms with van der Waals surface area (Å²) in [5.41, 5.74) is 9.08. The number of primary amides is 1. The highest BCUT2D eigenvalue weighted by atomic mass is 16.5. The third-order valence-corrected chi connectivity index (χ3v) is 4.86. The van der Waals surface area contributed by atoms with Crippen molar-refractivity contribution in [1.29, 1.82) is 0 Å². The Morgan fingerprint density at radius 1 is 1.09 bits per heavy atom. The molecule has 9 heteroatoms. The van der Waals surface area contributed by atoms with Gasteiger partial charge in [0.05, 0.1) is 18.5 Å². The van der Waals surface area contributed by atoms with E-state index in [0.29, 0.717) is 29.4 Å². The first kappa shape index (κ1) is 22.7. The van der Waals surface area contributed by atoms with E-state index in [4.69, 9.17) is 10.5 Å². The van der Waals surface area contributed by atoms with Crippen molar-refractivity contribution in [3.63, 3.8) is 0 Å². The third-order valence-electron chi connectivity index (χ3n) is 4.86. The largest absolute Gasteiger partial charge is 0.495 e. The number of ether oxygens (including phenoxy) is 1. The second kappa shape index (κ2) is 9.42. The lowest BCUT2D eigenvalue weighted by Crippen LogP contribution is -2.21. The second-order valence-electron chi connectivity index (χ2n) is 8.31. The normalized spacial score (nSPS) is 11.0. The van der Waals surface area contributed by atoms with Crippen LogP contribution in [0.25, 0.3) is 0 Å². The topological polar surface area (TPSA) is 134 Å². The Balaban J connectivity index is 1.67. The van der Waals surface area contributed by atoms with Crippen molar-refractivity contribution < 1.29 is 14.3 Å². The molecule has 0 saturated heterocycles. The van der Waals surface area contributed by atoms with E-state index in [1.165, 1.54) is 0 Å². The highest BCUT2D eigenvalue weighted by Gasteiger charge is 2.17. The predicted molar refractivity (Wildman–Crippen MR) is 125 cm³/mol. The molecule has 0 saturated carbocycles. The van der Waals surface area contributed by atoms with Crippen LogP contribution in [0.3, 0.4) is 0 Å². The van der Waals surface area contributed by atoms with Crippen LogP contribution >= 0.6 is 0 Å². The van der Waals surface area contributed by atoms with Gasteiger partial charge in [0, 0.05) is 18.4 Å². The summed E-state index contributed by atoms with van der Waals surface area (Å²) in [6.07, 6.45) is 1.56. The maximum absolute atomic E-state index is 12.6. The van der Waals surface area contributed by atoms with Crippen LogP contribution in [-0.2, 0) is 12.0 Å². The van der Waals surface area contributed by atoms with Crippen molar-refractivity contribution in [2.75, 3.05) is 23.1 Å². The van der Waals surface area contributed by atoms with E-state index in [1.807, 2.05) is 36.4 Å². The second-order valence-corrected chi connectivity index (χ2v) is 8.31. The van der Waals surface area contributed by atoms with Crippen LogP contribution in [0.1, 0.15) is 42.4 Å². The van der Waals surface area contributed by atoms with Crippen molar-refractivity contribution in [2.45, 2.75) is 32.7 Å². The van der Waals surface area contributed by atoms with Crippen LogP contribution in [-0.4, -0.2) is 29.2 Å². The number of nitrogens with two attached hydrogens (primary N) is 1. The van der Waals surface area contributed by atoms with Gasteiger partial charge in [-0.3, -0.25) is 9.89 Å². The zero-order chi connectivity index (χ0) is 23.3. The Kier molecular flexibility index (Phi) is 6.67. The summed E-state index contributed by atoms with van der Waals surface area (Å²) >= 11 is 0. The minimum atomic E-state index is -0.619.